The summed E-state index contributed by atoms with van der Waals surface area (Å²) in [6.45, 7) is 5.86. The molecule has 0 bridgehead atoms. The van der Waals surface area contributed by atoms with E-state index in [4.69, 9.17) is 23.7 Å². The van der Waals surface area contributed by atoms with Gasteiger partial charge in [0.2, 0.25) is 0 Å². The van der Waals surface area contributed by atoms with Gasteiger partial charge < -0.3 is 39.0 Å². The van der Waals surface area contributed by atoms with Gasteiger partial charge in [-0.05, 0) is 83.5 Å². The van der Waals surface area contributed by atoms with Crippen LogP contribution in [0.1, 0.15) is 265 Å². The molecule has 1 aliphatic rings. The summed E-state index contributed by atoms with van der Waals surface area (Å²) in [5.41, 5.74) is 0. The molecule has 6 atom stereocenters. The fourth-order valence-electron chi connectivity index (χ4n) is 9.15. The minimum absolute atomic E-state index is 0.0663. The highest BCUT2D eigenvalue weighted by atomic mass is 16.7. The largest absolute Gasteiger partial charge is 0.479 e. The van der Waals surface area contributed by atoms with Crippen LogP contribution >= 0.6 is 0 Å². The summed E-state index contributed by atoms with van der Waals surface area (Å²) in [7, 11) is 0. The number of rotatable bonds is 53. The molecule has 1 aliphatic heterocycles. The van der Waals surface area contributed by atoms with E-state index in [1.807, 2.05) is 18.2 Å². The van der Waals surface area contributed by atoms with E-state index in [-0.39, 0.29) is 25.9 Å². The quantitative estimate of drug-likeness (QED) is 0.0228. The second kappa shape index (κ2) is 54.5. The van der Waals surface area contributed by atoms with Crippen molar-refractivity contribution in [1.82, 2.24) is 0 Å². The van der Waals surface area contributed by atoms with Crippen LogP contribution in [0.15, 0.2) is 85.1 Å². The Morgan fingerprint density at radius 1 is 0.430 bits per heavy atom. The van der Waals surface area contributed by atoms with E-state index in [0.29, 0.717) is 25.7 Å². The summed E-state index contributed by atoms with van der Waals surface area (Å²) in [6.07, 6.45) is 58.4. The van der Waals surface area contributed by atoms with E-state index in [0.717, 1.165) is 77.0 Å². The molecule has 0 aliphatic carbocycles. The van der Waals surface area contributed by atoms with Crippen LogP contribution in [0.2, 0.25) is 0 Å². The molecule has 0 radical (unpaired) electrons. The molecule has 0 aromatic carbocycles. The molecule has 1 heterocycles. The Morgan fingerprint density at radius 2 is 0.823 bits per heavy atom. The Kier molecular flexibility index (Phi) is 50.3. The molecule has 0 amide bonds. The number of hydrogen-bond acceptors (Lipinski definition) is 11. The van der Waals surface area contributed by atoms with E-state index in [2.05, 4.69) is 87.6 Å². The number of aliphatic hydroxyl groups is 2. The molecule has 6 unspecified atom stereocenters. The Labute approximate surface area is 480 Å². The average molecular weight is 1110 g/mol. The Hall–Kier alpha value is -4.10. The van der Waals surface area contributed by atoms with Crippen molar-refractivity contribution in [2.45, 2.75) is 302 Å². The van der Waals surface area contributed by atoms with E-state index in [1.54, 1.807) is 0 Å². The molecular formula is C67H112O12. The number of carbonyl (C=O) groups excluding carboxylic acids is 3. The minimum atomic E-state index is -1.93. The lowest BCUT2D eigenvalue weighted by molar-refractivity contribution is -0.301. The molecule has 12 heteroatoms. The van der Waals surface area contributed by atoms with Gasteiger partial charge in [-0.1, -0.05) is 247 Å². The number of aliphatic carboxylic acids is 1. The van der Waals surface area contributed by atoms with Crippen LogP contribution in [-0.4, -0.2) is 89.2 Å². The summed E-state index contributed by atoms with van der Waals surface area (Å²) in [5, 5.41) is 31.5. The lowest BCUT2D eigenvalue weighted by atomic mass is 9.98. The number of esters is 3. The van der Waals surface area contributed by atoms with Gasteiger partial charge in [-0.3, -0.25) is 14.4 Å². The van der Waals surface area contributed by atoms with Gasteiger partial charge in [-0.2, -0.15) is 0 Å². The van der Waals surface area contributed by atoms with Gasteiger partial charge in [-0.15, -0.1) is 0 Å². The summed E-state index contributed by atoms with van der Waals surface area (Å²) < 4.78 is 28.4. The zero-order chi connectivity index (χ0) is 57.5. The molecular weight excluding hydrogens is 997 g/mol. The van der Waals surface area contributed by atoms with Crippen molar-refractivity contribution < 1.29 is 58.2 Å². The predicted molar refractivity (Wildman–Crippen MR) is 321 cm³/mol. The fourth-order valence-corrected chi connectivity index (χ4v) is 9.15. The first-order valence-corrected chi connectivity index (χ1v) is 31.6. The summed E-state index contributed by atoms with van der Waals surface area (Å²) in [6, 6.07) is 0. The lowest BCUT2D eigenvalue weighted by Crippen LogP contribution is -2.61. The highest BCUT2D eigenvalue weighted by Crippen LogP contribution is 2.26. The van der Waals surface area contributed by atoms with E-state index >= 15 is 0 Å². The van der Waals surface area contributed by atoms with Crippen LogP contribution in [0.4, 0.5) is 0 Å². The number of carboxylic acids is 1. The topological polar surface area (TPSA) is 175 Å². The number of unbranched alkanes of at least 4 members (excludes halogenated alkanes) is 25. The van der Waals surface area contributed by atoms with E-state index in [1.165, 1.54) is 122 Å². The third kappa shape index (κ3) is 44.3. The van der Waals surface area contributed by atoms with Crippen LogP contribution in [0.25, 0.3) is 0 Å². The molecule has 1 fully saturated rings. The van der Waals surface area contributed by atoms with Gasteiger partial charge in [0.15, 0.2) is 24.6 Å². The number of carboxylic acid groups (broad SMARTS) is 1. The van der Waals surface area contributed by atoms with Gasteiger partial charge in [0.25, 0.3) is 0 Å². The monoisotopic (exact) mass is 1110 g/mol. The summed E-state index contributed by atoms with van der Waals surface area (Å²) >= 11 is 0. The maximum absolute atomic E-state index is 13.2. The summed E-state index contributed by atoms with van der Waals surface area (Å²) in [5.74, 6) is -3.22. The van der Waals surface area contributed by atoms with Crippen LogP contribution < -0.4 is 0 Å². The van der Waals surface area contributed by atoms with E-state index < -0.39 is 67.3 Å². The first kappa shape index (κ1) is 72.9. The maximum atomic E-state index is 13.2. The Balaban J connectivity index is 2.70. The third-order valence-corrected chi connectivity index (χ3v) is 14.0. The van der Waals surface area contributed by atoms with Gasteiger partial charge in [0.1, 0.15) is 18.8 Å². The van der Waals surface area contributed by atoms with Crippen LogP contribution in [-0.2, 0) is 42.9 Å². The summed E-state index contributed by atoms with van der Waals surface area (Å²) in [4.78, 5) is 51.2. The molecule has 0 aromatic rings. The zero-order valence-corrected chi connectivity index (χ0v) is 49.8. The molecule has 0 spiro atoms. The van der Waals surface area contributed by atoms with Crippen molar-refractivity contribution in [3.8, 4) is 0 Å². The molecule has 0 saturated carbocycles. The highest BCUT2D eigenvalue weighted by molar-refractivity contribution is 5.74. The van der Waals surface area contributed by atoms with E-state index in [9.17, 15) is 34.5 Å². The normalized spacial score (nSPS) is 18.4. The van der Waals surface area contributed by atoms with Gasteiger partial charge in [0.05, 0.1) is 6.61 Å². The van der Waals surface area contributed by atoms with Crippen LogP contribution in [0.5, 0.6) is 0 Å². The first-order chi connectivity index (χ1) is 38.6. The molecule has 1 saturated heterocycles. The Bertz CT molecular complexity index is 1700. The lowest BCUT2D eigenvalue weighted by Gasteiger charge is -2.40. The average Bonchev–Trinajstić information content (AvgIpc) is 3.46. The predicted octanol–water partition coefficient (Wildman–Crippen LogP) is 16.7. The van der Waals surface area contributed by atoms with Gasteiger partial charge in [0, 0.05) is 19.3 Å². The molecule has 452 valence electrons. The molecule has 79 heavy (non-hydrogen) atoms. The first-order valence-electron chi connectivity index (χ1n) is 31.6. The molecule has 12 nitrogen and oxygen atoms in total. The Morgan fingerprint density at radius 3 is 1.27 bits per heavy atom. The van der Waals surface area contributed by atoms with Gasteiger partial charge in [-0.25, -0.2) is 4.79 Å². The standard InChI is InChI=1S/C67H112O12/c1-4-7-10-13-16-19-22-25-27-29-30-32-34-37-40-43-46-49-52-55-61(70)78-65-63(72)62(71)64(66(73)74)79-67(65)76-57-58(77-60(69)54-51-48-45-42-39-35-24-21-18-15-12-9-6-3)56-75-59(68)53-50-47-44-41-38-36-33-31-28-26-23-20-17-14-11-8-5-2/h7,10,16,19,25-28,30,32,37,40,46,49,58,62-65,67,71-72H,4-6,8-9,11-15,17-18,20-24,29,31,33-36,38-39,41-45,47-48,50-57H2,1-3H3,(H,73,74)/b10-7-,19-16-,27-25-,28-26-,32-30-,40-37-,49-46-. The van der Waals surface area contributed by atoms with Crippen molar-refractivity contribution in [2.75, 3.05) is 13.2 Å². The molecule has 1 rings (SSSR count). The number of ether oxygens (including phenoxy) is 5. The third-order valence-electron chi connectivity index (χ3n) is 14.0. The second-order valence-corrected chi connectivity index (χ2v) is 21.3. The van der Waals surface area contributed by atoms with Crippen molar-refractivity contribution in [1.29, 1.82) is 0 Å². The van der Waals surface area contributed by atoms with Crippen molar-refractivity contribution >= 4 is 23.9 Å². The van der Waals surface area contributed by atoms with Gasteiger partial charge >= 0.3 is 23.9 Å². The number of aliphatic hydroxyl groups excluding tert-OH is 2. The smallest absolute Gasteiger partial charge is 0.335 e. The molecule has 0 aromatic heterocycles. The highest BCUT2D eigenvalue weighted by Gasteiger charge is 2.50. The van der Waals surface area contributed by atoms with Crippen LogP contribution in [0, 0.1) is 0 Å². The number of hydrogen-bond donors (Lipinski definition) is 3. The minimum Gasteiger partial charge on any atom is -0.479 e. The molecule has 3 N–H and O–H groups in total. The SMILES string of the molecule is CC/C=C\C/C=C\C/C=C\C/C=C\C/C=C\C/C=C\CCC(=O)OC1C(OCC(COC(=O)CCCCCCCCC/C=C\CCCCCCCC)OC(=O)CCCCCCCCCCCCCCC)OC(C(=O)O)C(O)C1O. The number of allylic oxidation sites excluding steroid dienone is 14. The van der Waals surface area contributed by atoms with Crippen molar-refractivity contribution in [2.24, 2.45) is 0 Å². The maximum Gasteiger partial charge on any atom is 0.335 e. The van der Waals surface area contributed by atoms with Crippen molar-refractivity contribution in [3.63, 3.8) is 0 Å². The van der Waals surface area contributed by atoms with Crippen molar-refractivity contribution in [3.05, 3.63) is 85.1 Å². The van der Waals surface area contributed by atoms with Crippen LogP contribution in [0.3, 0.4) is 0 Å². The zero-order valence-electron chi connectivity index (χ0n) is 49.8. The second-order valence-electron chi connectivity index (χ2n) is 21.3. The number of carbonyl (C=O) groups is 4. The fraction of sp³-hybridized carbons (Fsp3) is 0.731.